The molecule has 1 unspecified atom stereocenters. The Balaban J connectivity index is 1.34. The Morgan fingerprint density at radius 3 is 2.68 bits per heavy atom. The highest BCUT2D eigenvalue weighted by molar-refractivity contribution is 6.30. The van der Waals surface area contributed by atoms with E-state index in [1.165, 1.54) is 18.3 Å². The molecule has 1 aromatic carbocycles. The van der Waals surface area contributed by atoms with E-state index in [9.17, 15) is 19.1 Å². The van der Waals surface area contributed by atoms with E-state index in [0.717, 1.165) is 6.07 Å². The lowest BCUT2D eigenvalue weighted by molar-refractivity contribution is -0.132. The maximum absolute atomic E-state index is 13.5. The van der Waals surface area contributed by atoms with Crippen LogP contribution in [0, 0.1) is 5.82 Å². The molecule has 2 amide bonds. The van der Waals surface area contributed by atoms with Crippen LogP contribution in [0.1, 0.15) is 42.5 Å². The molecule has 10 heteroatoms. The number of aliphatic hydroxyl groups is 1. The average Bonchev–Trinajstić information content (AvgIpc) is 3.17. The van der Waals surface area contributed by atoms with Crippen LogP contribution in [-0.2, 0) is 11.8 Å². The first-order valence-corrected chi connectivity index (χ1v) is 10.5. The molecule has 0 aliphatic heterocycles. The van der Waals surface area contributed by atoms with Gasteiger partial charge in [-0.1, -0.05) is 11.6 Å². The van der Waals surface area contributed by atoms with Crippen molar-refractivity contribution in [1.29, 1.82) is 0 Å². The summed E-state index contributed by atoms with van der Waals surface area (Å²) in [7, 11) is 1.74. The van der Waals surface area contributed by atoms with Gasteiger partial charge in [0.15, 0.2) is 6.61 Å². The van der Waals surface area contributed by atoms with E-state index in [1.807, 2.05) is 0 Å². The van der Waals surface area contributed by atoms with E-state index in [0.29, 0.717) is 37.7 Å². The third kappa shape index (κ3) is 4.38. The minimum atomic E-state index is -0.805. The largest absolute Gasteiger partial charge is 0.484 e. The quantitative estimate of drug-likeness (QED) is 0.624. The number of hydrogen-bond acceptors (Lipinski definition) is 5. The lowest BCUT2D eigenvalue weighted by Gasteiger charge is -2.56. The highest BCUT2D eigenvalue weighted by Gasteiger charge is 2.55. The summed E-state index contributed by atoms with van der Waals surface area (Å²) in [5.41, 5.74) is -0.791. The van der Waals surface area contributed by atoms with E-state index in [1.54, 1.807) is 17.9 Å². The van der Waals surface area contributed by atoms with Gasteiger partial charge in [-0.2, -0.15) is 5.10 Å². The lowest BCUT2D eigenvalue weighted by atomic mass is 9.60. The number of nitrogens with one attached hydrogen (secondary N) is 2. The maximum Gasteiger partial charge on any atom is 0.258 e. The molecule has 3 N–H and O–H groups in total. The van der Waals surface area contributed by atoms with Crippen molar-refractivity contribution in [3.8, 4) is 5.75 Å². The number of hydrogen-bond donors (Lipinski definition) is 3. The number of aliphatic hydroxyl groups excluding tert-OH is 1. The third-order valence-corrected chi connectivity index (χ3v) is 6.62. The van der Waals surface area contributed by atoms with Crippen LogP contribution in [0.25, 0.3) is 0 Å². The van der Waals surface area contributed by atoms with Gasteiger partial charge in [-0.05, 0) is 44.2 Å². The fraction of sp³-hybridized carbons (Fsp3) is 0.476. The average molecular weight is 451 g/mol. The summed E-state index contributed by atoms with van der Waals surface area (Å²) in [6.07, 6.45) is 5.03. The van der Waals surface area contributed by atoms with Crippen molar-refractivity contribution in [3.05, 3.63) is 47.0 Å². The van der Waals surface area contributed by atoms with Crippen LogP contribution in [0.15, 0.2) is 30.6 Å². The standard InChI is InChI=1S/C21H24ClFN4O4/c1-27-11-13(10-24-27)19(30)26-20-4-6-21(7-5-20,17(28)9-20)25-18(29)12-31-14-2-3-15(22)16(23)8-14/h2-3,8,10-11,17,28H,4-7,9,12H2,1H3,(H,25,29)(H,26,30). The fourth-order valence-electron chi connectivity index (χ4n) is 4.54. The molecule has 8 nitrogen and oxygen atoms in total. The van der Waals surface area contributed by atoms with E-state index in [-0.39, 0.29) is 23.3 Å². The molecule has 0 radical (unpaired) electrons. The number of rotatable bonds is 6. The van der Waals surface area contributed by atoms with Crippen LogP contribution >= 0.6 is 11.6 Å². The molecule has 3 fully saturated rings. The van der Waals surface area contributed by atoms with Crippen molar-refractivity contribution in [3.63, 3.8) is 0 Å². The predicted molar refractivity (Wildman–Crippen MR) is 110 cm³/mol. The Bertz CT molecular complexity index is 1000. The zero-order valence-corrected chi connectivity index (χ0v) is 17.8. The summed E-state index contributed by atoms with van der Waals surface area (Å²) in [5.74, 6) is -1.05. The number of benzene rings is 1. The van der Waals surface area contributed by atoms with Gasteiger partial charge in [0, 0.05) is 24.8 Å². The second-order valence-electron chi connectivity index (χ2n) is 8.43. The highest BCUT2D eigenvalue weighted by atomic mass is 35.5. The van der Waals surface area contributed by atoms with Crippen LogP contribution in [0.2, 0.25) is 5.02 Å². The summed E-state index contributed by atoms with van der Waals surface area (Å²) >= 11 is 5.64. The molecule has 166 valence electrons. The molecule has 31 heavy (non-hydrogen) atoms. The van der Waals surface area contributed by atoms with Gasteiger partial charge in [0.05, 0.1) is 28.4 Å². The van der Waals surface area contributed by atoms with Crippen LogP contribution in [0.5, 0.6) is 5.75 Å². The van der Waals surface area contributed by atoms with Crippen LogP contribution in [-0.4, -0.2) is 50.5 Å². The number of aromatic nitrogens is 2. The van der Waals surface area contributed by atoms with Crippen LogP contribution < -0.4 is 15.4 Å². The molecule has 3 saturated carbocycles. The predicted octanol–water partition coefficient (Wildman–Crippen LogP) is 1.95. The first-order valence-electron chi connectivity index (χ1n) is 10.1. The normalized spacial score (nSPS) is 27.0. The summed E-state index contributed by atoms with van der Waals surface area (Å²) in [6, 6.07) is 3.95. The summed E-state index contributed by atoms with van der Waals surface area (Å²) in [5, 5.41) is 20.8. The van der Waals surface area contributed by atoms with Gasteiger partial charge >= 0.3 is 0 Å². The van der Waals surface area contributed by atoms with Crippen molar-refractivity contribution in [2.75, 3.05) is 6.61 Å². The third-order valence-electron chi connectivity index (χ3n) is 6.32. The Labute approximate surface area is 183 Å². The number of ether oxygens (including phenoxy) is 1. The smallest absolute Gasteiger partial charge is 0.258 e. The molecule has 3 aliphatic carbocycles. The molecule has 0 saturated heterocycles. The summed E-state index contributed by atoms with van der Waals surface area (Å²) in [6.45, 7) is -0.307. The minimum Gasteiger partial charge on any atom is -0.484 e. The fourth-order valence-corrected chi connectivity index (χ4v) is 4.66. The second-order valence-corrected chi connectivity index (χ2v) is 8.83. The number of carbonyl (C=O) groups excluding carboxylic acids is 2. The number of aryl methyl sites for hydroxylation is 1. The van der Waals surface area contributed by atoms with Crippen molar-refractivity contribution in [1.82, 2.24) is 20.4 Å². The molecular weight excluding hydrogens is 427 g/mol. The Hall–Kier alpha value is -2.65. The Morgan fingerprint density at radius 1 is 1.32 bits per heavy atom. The number of nitrogens with zero attached hydrogens (tertiary/aromatic N) is 2. The van der Waals surface area contributed by atoms with E-state index >= 15 is 0 Å². The van der Waals surface area contributed by atoms with E-state index < -0.39 is 28.9 Å². The SMILES string of the molecule is Cn1cc(C(=O)NC23CCC(NC(=O)COc4ccc(Cl)c(F)c4)(CC2)C(O)C3)cn1. The van der Waals surface area contributed by atoms with Gasteiger partial charge in [0.1, 0.15) is 11.6 Å². The molecule has 3 aliphatic rings. The molecular formula is C21H24ClFN4O4. The van der Waals surface area contributed by atoms with Gasteiger partial charge in [0.25, 0.3) is 11.8 Å². The number of carbonyl (C=O) groups is 2. The number of amides is 2. The molecule has 2 bridgehead atoms. The zero-order chi connectivity index (χ0) is 22.2. The first-order chi connectivity index (χ1) is 14.7. The summed E-state index contributed by atoms with van der Waals surface area (Å²) in [4.78, 5) is 25.0. The zero-order valence-electron chi connectivity index (χ0n) is 17.0. The van der Waals surface area contributed by atoms with E-state index in [2.05, 4.69) is 15.7 Å². The second kappa shape index (κ2) is 8.12. The van der Waals surface area contributed by atoms with Crippen LogP contribution in [0.4, 0.5) is 4.39 Å². The van der Waals surface area contributed by atoms with Gasteiger partial charge < -0.3 is 20.5 Å². The van der Waals surface area contributed by atoms with Gasteiger partial charge in [-0.15, -0.1) is 0 Å². The number of fused-ring (bicyclic) bond motifs is 3. The highest BCUT2D eigenvalue weighted by Crippen LogP contribution is 2.47. The van der Waals surface area contributed by atoms with Crippen LogP contribution in [0.3, 0.4) is 0 Å². The van der Waals surface area contributed by atoms with Crippen molar-refractivity contribution in [2.24, 2.45) is 7.05 Å². The van der Waals surface area contributed by atoms with Gasteiger partial charge in [-0.3, -0.25) is 14.3 Å². The Kier molecular flexibility index (Phi) is 5.65. The number of halogens is 2. The molecule has 2 aromatic rings. The van der Waals surface area contributed by atoms with Gasteiger partial charge in [-0.25, -0.2) is 4.39 Å². The first kappa shape index (κ1) is 21.6. The molecule has 1 aromatic heterocycles. The lowest BCUT2D eigenvalue weighted by Crippen LogP contribution is -2.70. The topological polar surface area (TPSA) is 105 Å². The minimum absolute atomic E-state index is 0.0256. The monoisotopic (exact) mass is 450 g/mol. The molecule has 1 atom stereocenters. The summed E-state index contributed by atoms with van der Waals surface area (Å²) < 4.78 is 20.4. The maximum atomic E-state index is 13.5. The van der Waals surface area contributed by atoms with Crippen molar-refractivity contribution >= 4 is 23.4 Å². The van der Waals surface area contributed by atoms with Crippen molar-refractivity contribution < 1.29 is 23.8 Å². The van der Waals surface area contributed by atoms with E-state index in [4.69, 9.17) is 16.3 Å². The van der Waals surface area contributed by atoms with Crippen molar-refractivity contribution in [2.45, 2.75) is 49.3 Å². The van der Waals surface area contributed by atoms with Gasteiger partial charge in [0.2, 0.25) is 0 Å². The molecule has 5 rings (SSSR count). The molecule has 1 heterocycles. The molecule has 0 spiro atoms. The Morgan fingerprint density at radius 2 is 2.06 bits per heavy atom.